The first-order valence-corrected chi connectivity index (χ1v) is 6.58. The van der Waals surface area contributed by atoms with Crippen LogP contribution in [0.15, 0.2) is 18.2 Å². The molecular weight excluding hydrogens is 226 g/mol. The molecule has 1 atom stereocenters. The van der Waals surface area contributed by atoms with Crippen LogP contribution in [0.5, 0.6) is 0 Å². The van der Waals surface area contributed by atoms with E-state index < -0.39 is 5.60 Å². The average Bonchev–Trinajstić information content (AvgIpc) is 3.04. The summed E-state index contributed by atoms with van der Waals surface area (Å²) in [6.07, 6.45) is 2.84. The number of benzene rings is 1. The predicted octanol–water partition coefficient (Wildman–Crippen LogP) is 2.63. The van der Waals surface area contributed by atoms with E-state index in [4.69, 9.17) is 10.1 Å². The van der Waals surface area contributed by atoms with E-state index >= 15 is 0 Å². The Morgan fingerprint density at radius 2 is 2.11 bits per heavy atom. The molecule has 1 spiro atoms. The fraction of sp³-hybridized carbons (Fsp3) is 0.533. The second kappa shape index (κ2) is 3.58. The van der Waals surface area contributed by atoms with Crippen LogP contribution in [0.25, 0.3) is 0 Å². The van der Waals surface area contributed by atoms with Crippen molar-refractivity contribution in [2.24, 2.45) is 0 Å². The van der Waals surface area contributed by atoms with Crippen LogP contribution in [0, 0.1) is 12.3 Å². The largest absolute Gasteiger partial charge is 0.479 e. The van der Waals surface area contributed by atoms with E-state index in [1.807, 2.05) is 19.1 Å². The van der Waals surface area contributed by atoms with Crippen molar-refractivity contribution in [3.05, 3.63) is 34.9 Å². The summed E-state index contributed by atoms with van der Waals surface area (Å²) in [4.78, 5) is 0. The lowest BCUT2D eigenvalue weighted by Gasteiger charge is -2.24. The molecule has 1 aromatic rings. The quantitative estimate of drug-likeness (QED) is 0.621. The first kappa shape index (κ1) is 11.7. The van der Waals surface area contributed by atoms with E-state index in [0.29, 0.717) is 13.0 Å². The van der Waals surface area contributed by atoms with Gasteiger partial charge in [0.1, 0.15) is 0 Å². The maximum Gasteiger partial charge on any atom is 0.218 e. The maximum absolute atomic E-state index is 10.9. The average molecular weight is 245 g/mol. The zero-order valence-corrected chi connectivity index (χ0v) is 10.9. The van der Waals surface area contributed by atoms with Crippen LogP contribution in [0.4, 0.5) is 0 Å². The molecule has 1 saturated carbocycles. The van der Waals surface area contributed by atoms with Gasteiger partial charge in [-0.2, -0.15) is 0 Å². The minimum atomic E-state index is -1.21. The monoisotopic (exact) mass is 245 g/mol. The molecule has 2 N–H and O–H groups in total. The number of hydrogen-bond donors (Lipinski definition) is 2. The third-order valence-electron chi connectivity index (χ3n) is 4.30. The van der Waals surface area contributed by atoms with E-state index in [2.05, 4.69) is 13.0 Å². The van der Waals surface area contributed by atoms with Crippen LogP contribution in [0.2, 0.25) is 0 Å². The molecule has 0 radical (unpaired) electrons. The SMILES string of the molecule is CCOC(=N)C1(O)CC2(CC2)c2cc(C)ccc21. The lowest BCUT2D eigenvalue weighted by molar-refractivity contribution is 0.0712. The highest BCUT2D eigenvalue weighted by Gasteiger charge is 2.60. The number of aliphatic hydroxyl groups is 1. The third kappa shape index (κ3) is 1.43. The van der Waals surface area contributed by atoms with Crippen molar-refractivity contribution in [2.45, 2.75) is 44.1 Å². The van der Waals surface area contributed by atoms with Gasteiger partial charge in [0, 0.05) is 0 Å². The molecule has 3 nitrogen and oxygen atoms in total. The van der Waals surface area contributed by atoms with Crippen LogP contribution in [0.3, 0.4) is 0 Å². The van der Waals surface area contributed by atoms with Gasteiger partial charge in [-0.1, -0.05) is 23.8 Å². The van der Waals surface area contributed by atoms with E-state index in [9.17, 15) is 5.11 Å². The summed E-state index contributed by atoms with van der Waals surface area (Å²) in [5.41, 5.74) is 2.22. The van der Waals surface area contributed by atoms with Crippen LogP contribution in [-0.4, -0.2) is 17.6 Å². The van der Waals surface area contributed by atoms with Crippen molar-refractivity contribution in [1.82, 2.24) is 0 Å². The van der Waals surface area contributed by atoms with Crippen molar-refractivity contribution in [3.8, 4) is 0 Å². The molecule has 1 unspecified atom stereocenters. The minimum absolute atomic E-state index is 0.00104. The van der Waals surface area contributed by atoms with Crippen molar-refractivity contribution >= 4 is 5.90 Å². The first-order valence-electron chi connectivity index (χ1n) is 6.58. The molecule has 0 bridgehead atoms. The van der Waals surface area contributed by atoms with E-state index in [0.717, 1.165) is 18.4 Å². The van der Waals surface area contributed by atoms with Gasteiger partial charge in [0.15, 0.2) is 5.60 Å². The highest BCUT2D eigenvalue weighted by molar-refractivity contribution is 5.86. The van der Waals surface area contributed by atoms with Gasteiger partial charge >= 0.3 is 0 Å². The molecule has 3 heteroatoms. The number of rotatable bonds is 2. The number of aryl methyl sites for hydroxylation is 1. The predicted molar refractivity (Wildman–Crippen MR) is 70.0 cm³/mol. The van der Waals surface area contributed by atoms with Crippen molar-refractivity contribution in [2.75, 3.05) is 6.61 Å². The Bertz CT molecular complexity index is 519. The topological polar surface area (TPSA) is 53.3 Å². The van der Waals surface area contributed by atoms with Gasteiger partial charge in [0.2, 0.25) is 5.90 Å². The third-order valence-corrected chi connectivity index (χ3v) is 4.30. The molecule has 0 amide bonds. The van der Waals surface area contributed by atoms with Gasteiger partial charge in [-0.3, -0.25) is 5.41 Å². The summed E-state index contributed by atoms with van der Waals surface area (Å²) in [7, 11) is 0. The Morgan fingerprint density at radius 1 is 1.39 bits per heavy atom. The lowest BCUT2D eigenvalue weighted by Crippen LogP contribution is -2.35. The second-order valence-corrected chi connectivity index (χ2v) is 5.63. The van der Waals surface area contributed by atoms with Crippen LogP contribution >= 0.6 is 0 Å². The Morgan fingerprint density at radius 3 is 2.72 bits per heavy atom. The summed E-state index contributed by atoms with van der Waals surface area (Å²) >= 11 is 0. The van der Waals surface area contributed by atoms with Crippen molar-refractivity contribution in [3.63, 3.8) is 0 Å². The molecule has 0 aromatic heterocycles. The fourth-order valence-corrected chi connectivity index (χ4v) is 3.20. The van der Waals surface area contributed by atoms with Crippen molar-refractivity contribution in [1.29, 1.82) is 5.41 Å². The number of nitrogens with one attached hydrogen (secondary N) is 1. The highest BCUT2D eigenvalue weighted by Crippen LogP contribution is 2.62. The molecule has 2 aliphatic rings. The van der Waals surface area contributed by atoms with E-state index in [1.54, 1.807) is 0 Å². The molecule has 2 aliphatic carbocycles. The fourth-order valence-electron chi connectivity index (χ4n) is 3.20. The summed E-state index contributed by atoms with van der Waals surface area (Å²) in [5, 5.41) is 18.9. The maximum atomic E-state index is 10.9. The molecular formula is C15H19NO2. The van der Waals surface area contributed by atoms with Gasteiger partial charge < -0.3 is 9.84 Å². The molecule has 1 aromatic carbocycles. The smallest absolute Gasteiger partial charge is 0.218 e. The normalized spacial score (nSPS) is 27.1. The highest BCUT2D eigenvalue weighted by atomic mass is 16.5. The zero-order valence-electron chi connectivity index (χ0n) is 10.9. The summed E-state index contributed by atoms with van der Waals surface area (Å²) in [6.45, 7) is 4.34. The molecule has 18 heavy (non-hydrogen) atoms. The number of hydrogen-bond acceptors (Lipinski definition) is 3. The molecule has 0 saturated heterocycles. The first-order chi connectivity index (χ1) is 8.52. The van der Waals surface area contributed by atoms with E-state index in [1.165, 1.54) is 11.1 Å². The van der Waals surface area contributed by atoms with Crippen LogP contribution in [0.1, 0.15) is 42.9 Å². The van der Waals surface area contributed by atoms with Gasteiger partial charge in [-0.15, -0.1) is 0 Å². The van der Waals surface area contributed by atoms with Crippen LogP contribution < -0.4 is 0 Å². The Kier molecular flexibility index (Phi) is 2.33. The number of fused-ring (bicyclic) bond motifs is 2. The Hall–Kier alpha value is -1.35. The van der Waals surface area contributed by atoms with E-state index in [-0.39, 0.29) is 11.3 Å². The van der Waals surface area contributed by atoms with Crippen molar-refractivity contribution < 1.29 is 9.84 Å². The molecule has 1 fully saturated rings. The minimum Gasteiger partial charge on any atom is -0.479 e. The summed E-state index contributed by atoms with van der Waals surface area (Å²) in [5.74, 6) is -0.00104. The Labute approximate surface area is 107 Å². The Balaban J connectivity index is 2.09. The summed E-state index contributed by atoms with van der Waals surface area (Å²) in [6, 6.07) is 6.13. The molecule has 3 rings (SSSR count). The van der Waals surface area contributed by atoms with Gasteiger partial charge in [-0.25, -0.2) is 0 Å². The molecule has 96 valence electrons. The molecule has 0 aliphatic heterocycles. The lowest BCUT2D eigenvalue weighted by atomic mass is 9.94. The van der Waals surface area contributed by atoms with Gasteiger partial charge in [-0.05, 0) is 49.7 Å². The van der Waals surface area contributed by atoms with Gasteiger partial charge in [0.05, 0.1) is 6.61 Å². The summed E-state index contributed by atoms with van der Waals surface area (Å²) < 4.78 is 5.27. The van der Waals surface area contributed by atoms with Gasteiger partial charge in [0.25, 0.3) is 0 Å². The standard InChI is InChI=1S/C15H19NO2/c1-3-18-13(16)15(17)9-14(6-7-14)12-8-10(2)4-5-11(12)15/h4-5,8,16-17H,3,6-7,9H2,1-2H3. The molecule has 0 heterocycles. The second-order valence-electron chi connectivity index (χ2n) is 5.63. The van der Waals surface area contributed by atoms with Crippen LogP contribution in [-0.2, 0) is 15.8 Å². The number of ether oxygens (including phenoxy) is 1. The zero-order chi connectivity index (χ0) is 13.0.